The number of aromatic nitrogens is 3. The van der Waals surface area contributed by atoms with Crippen molar-refractivity contribution in [2.75, 3.05) is 54.8 Å². The summed E-state index contributed by atoms with van der Waals surface area (Å²) in [5.41, 5.74) is 1.93. The Morgan fingerprint density at radius 2 is 1.38 bits per heavy atom. The predicted octanol–water partition coefficient (Wildman–Crippen LogP) is 4.09. The summed E-state index contributed by atoms with van der Waals surface area (Å²) in [7, 11) is 0. The van der Waals surface area contributed by atoms with Gasteiger partial charge in [-0.05, 0) is 42.3 Å². The van der Waals surface area contributed by atoms with Gasteiger partial charge in [0.15, 0.2) is 0 Å². The van der Waals surface area contributed by atoms with Gasteiger partial charge in [-0.1, -0.05) is 30.3 Å². The lowest BCUT2D eigenvalue weighted by atomic mass is 9.96. The zero-order valence-corrected chi connectivity index (χ0v) is 19.2. The van der Waals surface area contributed by atoms with Crippen LogP contribution >= 0.6 is 0 Å². The molecule has 1 saturated heterocycles. The Kier molecular flexibility index (Phi) is 7.64. The summed E-state index contributed by atoms with van der Waals surface area (Å²) in [6.45, 7) is 9.85. The SMILES string of the molecule is C=CCNc1nc(NCC)nc(N2CCN(C(c3ccc(F)cc3)c3ccc(F)cc3)CC2)n1. The molecule has 0 spiro atoms. The number of anilines is 3. The van der Waals surface area contributed by atoms with E-state index in [0.29, 0.717) is 44.0 Å². The number of nitrogens with one attached hydrogen (secondary N) is 2. The number of nitrogens with zero attached hydrogens (tertiary/aromatic N) is 5. The Labute approximate surface area is 198 Å². The second-order valence-electron chi connectivity index (χ2n) is 8.01. The van der Waals surface area contributed by atoms with E-state index in [4.69, 9.17) is 0 Å². The summed E-state index contributed by atoms with van der Waals surface area (Å²) >= 11 is 0. The lowest BCUT2D eigenvalue weighted by molar-refractivity contribution is 0.211. The summed E-state index contributed by atoms with van der Waals surface area (Å²) in [4.78, 5) is 18.0. The fraction of sp³-hybridized carbons (Fsp3) is 0.320. The molecule has 0 unspecified atom stereocenters. The van der Waals surface area contributed by atoms with Crippen molar-refractivity contribution in [2.24, 2.45) is 0 Å². The molecule has 0 amide bonds. The van der Waals surface area contributed by atoms with Crippen LogP contribution in [-0.4, -0.2) is 59.1 Å². The van der Waals surface area contributed by atoms with E-state index in [1.54, 1.807) is 30.3 Å². The molecule has 4 rings (SSSR count). The van der Waals surface area contributed by atoms with Crippen LogP contribution in [0.1, 0.15) is 24.1 Å². The minimum absolute atomic E-state index is 0.108. The number of benzene rings is 2. The smallest absolute Gasteiger partial charge is 0.232 e. The molecule has 34 heavy (non-hydrogen) atoms. The maximum atomic E-state index is 13.6. The van der Waals surface area contributed by atoms with Crippen LogP contribution in [0.15, 0.2) is 61.2 Å². The first-order valence-corrected chi connectivity index (χ1v) is 11.4. The summed E-state index contributed by atoms with van der Waals surface area (Å²) in [6.07, 6.45) is 1.75. The molecule has 2 aromatic carbocycles. The van der Waals surface area contributed by atoms with Gasteiger partial charge in [0.2, 0.25) is 17.8 Å². The van der Waals surface area contributed by atoms with Crippen molar-refractivity contribution in [1.29, 1.82) is 0 Å². The molecule has 2 heterocycles. The average Bonchev–Trinajstić information content (AvgIpc) is 2.86. The molecule has 0 bridgehead atoms. The van der Waals surface area contributed by atoms with Crippen molar-refractivity contribution in [3.8, 4) is 0 Å². The summed E-state index contributed by atoms with van der Waals surface area (Å²) in [5.74, 6) is 1.07. The predicted molar refractivity (Wildman–Crippen MR) is 131 cm³/mol. The van der Waals surface area contributed by atoms with E-state index in [0.717, 1.165) is 24.2 Å². The quantitative estimate of drug-likeness (QED) is 0.461. The molecule has 3 aromatic rings. The van der Waals surface area contributed by atoms with E-state index >= 15 is 0 Å². The molecule has 0 saturated carbocycles. The number of halogens is 2. The van der Waals surface area contributed by atoms with Crippen molar-refractivity contribution < 1.29 is 8.78 Å². The number of rotatable bonds is 9. The minimum atomic E-state index is -0.279. The first-order valence-electron chi connectivity index (χ1n) is 11.4. The molecule has 1 fully saturated rings. The molecule has 9 heteroatoms. The van der Waals surface area contributed by atoms with Crippen LogP contribution in [0.5, 0.6) is 0 Å². The van der Waals surface area contributed by atoms with Crippen LogP contribution in [0.3, 0.4) is 0 Å². The third-order valence-corrected chi connectivity index (χ3v) is 5.70. The zero-order valence-electron chi connectivity index (χ0n) is 19.2. The fourth-order valence-electron chi connectivity index (χ4n) is 4.07. The van der Waals surface area contributed by atoms with Crippen molar-refractivity contribution >= 4 is 17.8 Å². The highest BCUT2D eigenvalue weighted by atomic mass is 19.1. The fourth-order valence-corrected chi connectivity index (χ4v) is 4.07. The van der Waals surface area contributed by atoms with Crippen LogP contribution in [0.25, 0.3) is 0 Å². The number of hydrogen-bond acceptors (Lipinski definition) is 7. The van der Waals surface area contributed by atoms with Crippen LogP contribution < -0.4 is 15.5 Å². The molecular weight excluding hydrogens is 436 g/mol. The van der Waals surface area contributed by atoms with Crippen molar-refractivity contribution in [1.82, 2.24) is 19.9 Å². The Balaban J connectivity index is 1.54. The van der Waals surface area contributed by atoms with Gasteiger partial charge in [0.05, 0.1) is 6.04 Å². The molecule has 1 aliphatic rings. The van der Waals surface area contributed by atoms with E-state index in [1.807, 2.05) is 6.92 Å². The largest absolute Gasteiger partial charge is 0.354 e. The van der Waals surface area contributed by atoms with Gasteiger partial charge < -0.3 is 15.5 Å². The third kappa shape index (κ3) is 5.66. The highest BCUT2D eigenvalue weighted by Gasteiger charge is 2.28. The Hall–Kier alpha value is -3.59. The molecule has 0 radical (unpaired) electrons. The van der Waals surface area contributed by atoms with Crippen molar-refractivity contribution in [3.05, 3.63) is 83.9 Å². The topological polar surface area (TPSA) is 69.2 Å². The first kappa shape index (κ1) is 23.6. The van der Waals surface area contributed by atoms with Gasteiger partial charge in [-0.15, -0.1) is 6.58 Å². The average molecular weight is 466 g/mol. The van der Waals surface area contributed by atoms with E-state index < -0.39 is 0 Å². The summed E-state index contributed by atoms with van der Waals surface area (Å²) in [6, 6.07) is 12.9. The first-order chi connectivity index (χ1) is 16.6. The lowest BCUT2D eigenvalue weighted by Crippen LogP contribution is -2.48. The van der Waals surface area contributed by atoms with Gasteiger partial charge in [0.1, 0.15) is 11.6 Å². The maximum Gasteiger partial charge on any atom is 0.232 e. The van der Waals surface area contributed by atoms with Gasteiger partial charge in [0.25, 0.3) is 0 Å². The third-order valence-electron chi connectivity index (χ3n) is 5.70. The number of piperazine rings is 1. The lowest BCUT2D eigenvalue weighted by Gasteiger charge is -2.39. The molecule has 7 nitrogen and oxygen atoms in total. The van der Waals surface area contributed by atoms with Crippen molar-refractivity contribution in [3.63, 3.8) is 0 Å². The molecular formula is C25H29F2N7. The summed E-state index contributed by atoms with van der Waals surface area (Å²) in [5, 5.41) is 6.29. The second kappa shape index (κ2) is 11.0. The monoisotopic (exact) mass is 465 g/mol. The Morgan fingerprint density at radius 3 is 1.88 bits per heavy atom. The Morgan fingerprint density at radius 1 is 0.853 bits per heavy atom. The van der Waals surface area contributed by atoms with Gasteiger partial charge in [-0.2, -0.15) is 15.0 Å². The second-order valence-corrected chi connectivity index (χ2v) is 8.01. The highest BCUT2D eigenvalue weighted by molar-refractivity contribution is 5.44. The zero-order chi connectivity index (χ0) is 23.9. The van der Waals surface area contributed by atoms with Gasteiger partial charge >= 0.3 is 0 Å². The van der Waals surface area contributed by atoms with E-state index in [2.05, 4.69) is 42.0 Å². The molecule has 178 valence electrons. The summed E-state index contributed by atoms with van der Waals surface area (Å²) < 4.78 is 27.2. The minimum Gasteiger partial charge on any atom is -0.354 e. The molecule has 1 aromatic heterocycles. The van der Waals surface area contributed by atoms with Crippen LogP contribution in [0.4, 0.5) is 26.6 Å². The highest BCUT2D eigenvalue weighted by Crippen LogP contribution is 2.30. The van der Waals surface area contributed by atoms with E-state index in [-0.39, 0.29) is 17.7 Å². The normalized spacial score (nSPS) is 14.3. The maximum absolute atomic E-state index is 13.6. The van der Waals surface area contributed by atoms with Gasteiger partial charge in [-0.25, -0.2) is 8.78 Å². The van der Waals surface area contributed by atoms with Gasteiger partial charge in [0, 0.05) is 39.3 Å². The van der Waals surface area contributed by atoms with Gasteiger partial charge in [-0.3, -0.25) is 4.90 Å². The Bertz CT molecular complexity index is 1040. The molecule has 2 N–H and O–H groups in total. The number of hydrogen-bond donors (Lipinski definition) is 2. The van der Waals surface area contributed by atoms with Crippen LogP contribution in [-0.2, 0) is 0 Å². The van der Waals surface area contributed by atoms with Crippen molar-refractivity contribution in [2.45, 2.75) is 13.0 Å². The van der Waals surface area contributed by atoms with E-state index in [9.17, 15) is 8.78 Å². The molecule has 0 atom stereocenters. The standard InChI is InChI=1S/C25H29F2N7/c1-3-13-29-24-30-23(28-4-2)31-25(32-24)34-16-14-33(15-17-34)22(18-5-9-20(26)10-6-18)19-7-11-21(27)12-8-19/h3,5-12,22H,1,4,13-17H2,2H3,(H2,28,29,30,31,32). The van der Waals surface area contributed by atoms with Crippen LogP contribution in [0, 0.1) is 11.6 Å². The molecule has 0 aliphatic carbocycles. The van der Waals surface area contributed by atoms with Crippen LogP contribution in [0.2, 0.25) is 0 Å². The molecule has 1 aliphatic heterocycles. The van der Waals surface area contributed by atoms with E-state index in [1.165, 1.54) is 24.3 Å².